The quantitative estimate of drug-likeness (QED) is 0.650. The maximum absolute atomic E-state index is 13.6. The Kier molecular flexibility index (Phi) is 4.54. The fourth-order valence-corrected chi connectivity index (χ4v) is 2.42. The number of nitrogens with zero attached hydrogens (tertiary/aromatic N) is 2. The summed E-state index contributed by atoms with van der Waals surface area (Å²) in [5.74, 6) is -1.56. The van der Waals surface area contributed by atoms with Crippen molar-refractivity contribution in [3.05, 3.63) is 39.7 Å². The summed E-state index contributed by atoms with van der Waals surface area (Å²) >= 11 is 0. The molecule has 2 rings (SSSR count). The lowest BCUT2D eigenvalue weighted by Crippen LogP contribution is -2.49. The highest BCUT2D eigenvalue weighted by Gasteiger charge is 2.26. The molecule has 1 atom stereocenters. The van der Waals surface area contributed by atoms with Gasteiger partial charge in [0.05, 0.1) is 4.92 Å². The molecule has 1 aromatic carbocycles. The van der Waals surface area contributed by atoms with E-state index < -0.39 is 28.4 Å². The molecule has 2 N–H and O–H groups in total. The summed E-state index contributed by atoms with van der Waals surface area (Å²) in [6.07, 6.45) is 0.0670. The minimum absolute atomic E-state index is 0.000856. The van der Waals surface area contributed by atoms with Crippen molar-refractivity contribution in [1.29, 1.82) is 0 Å². The van der Waals surface area contributed by atoms with Gasteiger partial charge < -0.3 is 15.3 Å². The Balaban J connectivity index is 2.12. The zero-order chi connectivity index (χ0) is 16.3. The van der Waals surface area contributed by atoms with E-state index in [2.05, 4.69) is 5.32 Å². The molecular weight excluding hydrogens is 297 g/mol. The molecule has 1 fully saturated rings. The summed E-state index contributed by atoms with van der Waals surface area (Å²) in [6, 6.07) is 2.59. The number of nitro groups is 1. The van der Waals surface area contributed by atoms with Crippen molar-refractivity contribution in [1.82, 2.24) is 10.2 Å². The second-order valence-electron chi connectivity index (χ2n) is 4.96. The van der Waals surface area contributed by atoms with E-state index in [-0.39, 0.29) is 18.2 Å². The van der Waals surface area contributed by atoms with Crippen molar-refractivity contribution in [2.24, 2.45) is 0 Å². The molecule has 0 radical (unpaired) electrons. The van der Waals surface area contributed by atoms with Crippen molar-refractivity contribution in [3.8, 4) is 0 Å². The van der Waals surface area contributed by atoms with Gasteiger partial charge in [0.25, 0.3) is 5.91 Å². The van der Waals surface area contributed by atoms with Crippen LogP contribution in [0.25, 0.3) is 0 Å². The highest BCUT2D eigenvalue weighted by molar-refractivity contribution is 5.94. The predicted molar refractivity (Wildman–Crippen MR) is 73.1 cm³/mol. The number of carbonyl (C=O) groups excluding carboxylic acids is 1. The van der Waals surface area contributed by atoms with Gasteiger partial charge in [0.2, 0.25) is 5.82 Å². The second-order valence-corrected chi connectivity index (χ2v) is 4.96. The third-order valence-corrected chi connectivity index (χ3v) is 3.43. The van der Waals surface area contributed by atoms with Crippen molar-refractivity contribution in [3.63, 3.8) is 0 Å². The molecule has 1 unspecified atom stereocenters. The number of carboxylic acid groups (broad SMARTS) is 1. The third kappa shape index (κ3) is 3.48. The average molecular weight is 311 g/mol. The fraction of sp³-hybridized carbons (Fsp3) is 0.385. The lowest BCUT2D eigenvalue weighted by molar-refractivity contribution is -0.387. The first-order chi connectivity index (χ1) is 10.4. The lowest BCUT2D eigenvalue weighted by Gasteiger charge is -2.32. The number of halogens is 1. The summed E-state index contributed by atoms with van der Waals surface area (Å²) < 4.78 is 13.6. The lowest BCUT2D eigenvalue weighted by atomic mass is 10.0. The molecular formula is C13H14FN3O5. The van der Waals surface area contributed by atoms with Crippen LogP contribution in [0, 0.1) is 15.9 Å². The van der Waals surface area contributed by atoms with E-state index in [0.717, 1.165) is 12.1 Å². The van der Waals surface area contributed by atoms with Gasteiger partial charge in [0.15, 0.2) is 0 Å². The summed E-state index contributed by atoms with van der Waals surface area (Å²) in [6.45, 7) is 0.610. The van der Waals surface area contributed by atoms with Gasteiger partial charge in [-0.25, -0.2) is 4.79 Å². The summed E-state index contributed by atoms with van der Waals surface area (Å²) in [5.41, 5.74) is -0.695. The number of carbonyl (C=O) groups is 2. The Labute approximate surface area is 124 Å². The number of rotatable bonds is 3. The van der Waals surface area contributed by atoms with Gasteiger partial charge in [-0.2, -0.15) is 4.39 Å². The monoisotopic (exact) mass is 311 g/mol. The van der Waals surface area contributed by atoms with Gasteiger partial charge in [-0.15, -0.1) is 0 Å². The van der Waals surface area contributed by atoms with E-state index in [1.807, 2.05) is 0 Å². The zero-order valence-corrected chi connectivity index (χ0v) is 11.5. The van der Waals surface area contributed by atoms with Crippen LogP contribution in [0.1, 0.15) is 23.2 Å². The van der Waals surface area contributed by atoms with E-state index in [0.29, 0.717) is 19.4 Å². The van der Waals surface area contributed by atoms with E-state index in [1.54, 1.807) is 0 Å². The minimum Gasteiger partial charge on any atom is -0.465 e. The van der Waals surface area contributed by atoms with Crippen molar-refractivity contribution >= 4 is 17.7 Å². The Hall–Kier alpha value is -2.71. The number of nitrogens with one attached hydrogen (secondary N) is 1. The highest BCUT2D eigenvalue weighted by Crippen LogP contribution is 2.20. The summed E-state index contributed by atoms with van der Waals surface area (Å²) in [4.78, 5) is 34.0. The van der Waals surface area contributed by atoms with Gasteiger partial charge in [0, 0.05) is 30.8 Å². The van der Waals surface area contributed by atoms with E-state index >= 15 is 0 Å². The molecule has 1 heterocycles. The van der Waals surface area contributed by atoms with Crippen molar-refractivity contribution < 1.29 is 24.0 Å². The number of amides is 2. The van der Waals surface area contributed by atoms with Crippen LogP contribution in [-0.2, 0) is 0 Å². The molecule has 8 nitrogen and oxygen atoms in total. The third-order valence-electron chi connectivity index (χ3n) is 3.43. The number of hydrogen-bond donors (Lipinski definition) is 2. The molecule has 0 bridgehead atoms. The Morgan fingerprint density at radius 2 is 2.18 bits per heavy atom. The van der Waals surface area contributed by atoms with Crippen LogP contribution in [0.2, 0.25) is 0 Å². The maximum Gasteiger partial charge on any atom is 0.404 e. The molecule has 9 heteroatoms. The molecule has 1 aromatic rings. The molecule has 0 aliphatic carbocycles. The average Bonchev–Trinajstić information content (AvgIpc) is 2.45. The van der Waals surface area contributed by atoms with Gasteiger partial charge in [0.1, 0.15) is 0 Å². The summed E-state index contributed by atoms with van der Waals surface area (Å²) in [7, 11) is 0. The Morgan fingerprint density at radius 3 is 2.77 bits per heavy atom. The minimum atomic E-state index is -1.17. The number of nitro benzene ring substituents is 1. The zero-order valence-electron chi connectivity index (χ0n) is 11.5. The predicted octanol–water partition coefficient (Wildman–Crippen LogP) is 1.61. The van der Waals surface area contributed by atoms with Crippen molar-refractivity contribution in [2.75, 3.05) is 13.1 Å². The Morgan fingerprint density at radius 1 is 1.45 bits per heavy atom. The van der Waals surface area contributed by atoms with Gasteiger partial charge in [-0.1, -0.05) is 0 Å². The molecule has 2 amide bonds. The molecule has 0 aromatic heterocycles. The van der Waals surface area contributed by atoms with Gasteiger partial charge in [-0.05, 0) is 25.0 Å². The van der Waals surface area contributed by atoms with Crippen LogP contribution < -0.4 is 5.32 Å². The molecule has 0 saturated carbocycles. The first-order valence-corrected chi connectivity index (χ1v) is 6.61. The SMILES string of the molecule is O=C(O)NC1CCCN(C(=O)c2ccc([N+](=O)[O-])c(F)c2)C1. The maximum atomic E-state index is 13.6. The number of benzene rings is 1. The molecule has 1 saturated heterocycles. The second kappa shape index (κ2) is 6.37. The van der Waals surface area contributed by atoms with Crippen LogP contribution in [0.5, 0.6) is 0 Å². The fourth-order valence-electron chi connectivity index (χ4n) is 2.42. The highest BCUT2D eigenvalue weighted by atomic mass is 19.1. The van der Waals surface area contributed by atoms with Crippen LogP contribution in [0.15, 0.2) is 18.2 Å². The van der Waals surface area contributed by atoms with Crippen LogP contribution in [-0.4, -0.2) is 46.1 Å². The van der Waals surface area contributed by atoms with Crippen LogP contribution in [0.4, 0.5) is 14.9 Å². The molecule has 1 aliphatic heterocycles. The number of hydrogen-bond acceptors (Lipinski definition) is 4. The Bertz CT molecular complexity index is 622. The van der Waals surface area contributed by atoms with Crippen LogP contribution >= 0.6 is 0 Å². The van der Waals surface area contributed by atoms with Gasteiger partial charge >= 0.3 is 11.8 Å². The van der Waals surface area contributed by atoms with Crippen LogP contribution in [0.3, 0.4) is 0 Å². The number of piperidine rings is 1. The van der Waals surface area contributed by atoms with Gasteiger partial charge in [-0.3, -0.25) is 14.9 Å². The van der Waals surface area contributed by atoms with E-state index in [4.69, 9.17) is 5.11 Å². The van der Waals surface area contributed by atoms with E-state index in [1.165, 1.54) is 11.0 Å². The van der Waals surface area contributed by atoms with Crippen molar-refractivity contribution in [2.45, 2.75) is 18.9 Å². The topological polar surface area (TPSA) is 113 Å². The standard InChI is InChI=1S/C13H14FN3O5/c14-10-6-8(3-4-11(10)17(21)22)12(18)16-5-1-2-9(7-16)15-13(19)20/h3-4,6,9,15H,1-2,5,7H2,(H,19,20). The number of likely N-dealkylation sites (tertiary alicyclic amines) is 1. The molecule has 0 spiro atoms. The molecule has 1 aliphatic rings. The first kappa shape index (κ1) is 15.7. The largest absolute Gasteiger partial charge is 0.465 e. The smallest absolute Gasteiger partial charge is 0.404 e. The normalized spacial score (nSPS) is 17.9. The summed E-state index contributed by atoms with van der Waals surface area (Å²) in [5, 5.41) is 21.6. The molecule has 118 valence electrons. The molecule has 22 heavy (non-hydrogen) atoms. The van der Waals surface area contributed by atoms with E-state index in [9.17, 15) is 24.1 Å². The first-order valence-electron chi connectivity index (χ1n) is 6.61.